The summed E-state index contributed by atoms with van der Waals surface area (Å²) in [4.78, 5) is 12.2. The third kappa shape index (κ3) is 3.35. The molecule has 0 aliphatic heterocycles. The van der Waals surface area contributed by atoms with Gasteiger partial charge in [-0.05, 0) is 30.5 Å². The number of aromatic nitrogens is 2. The van der Waals surface area contributed by atoms with E-state index in [-0.39, 0.29) is 5.78 Å². The molecule has 0 amide bonds. The van der Waals surface area contributed by atoms with E-state index in [1.807, 2.05) is 42.8 Å². The van der Waals surface area contributed by atoms with Crippen molar-refractivity contribution in [3.05, 3.63) is 51.8 Å². The van der Waals surface area contributed by atoms with E-state index in [4.69, 9.17) is 11.6 Å². The molecule has 0 spiro atoms. The molecule has 0 aliphatic carbocycles. The monoisotopic (exact) mass is 304 g/mol. The minimum Gasteiger partial charge on any atom is -0.294 e. The first kappa shape index (κ1) is 15.8. The van der Waals surface area contributed by atoms with Crippen molar-refractivity contribution in [2.24, 2.45) is 0 Å². The molecule has 4 heteroatoms. The molecule has 0 unspecified atom stereocenters. The van der Waals surface area contributed by atoms with Crippen molar-refractivity contribution in [3.8, 4) is 0 Å². The van der Waals surface area contributed by atoms with Gasteiger partial charge in [0.15, 0.2) is 5.78 Å². The van der Waals surface area contributed by atoms with Crippen molar-refractivity contribution in [1.82, 2.24) is 9.78 Å². The van der Waals surface area contributed by atoms with Crippen LogP contribution in [-0.2, 0) is 19.4 Å². The molecule has 2 rings (SSSR count). The molecule has 0 bridgehead atoms. The van der Waals surface area contributed by atoms with Crippen molar-refractivity contribution >= 4 is 17.4 Å². The van der Waals surface area contributed by atoms with E-state index in [1.165, 1.54) is 0 Å². The number of benzene rings is 1. The van der Waals surface area contributed by atoms with E-state index < -0.39 is 0 Å². The summed E-state index contributed by atoms with van der Waals surface area (Å²) in [6.45, 7) is 6.65. The van der Waals surface area contributed by atoms with E-state index >= 15 is 0 Å². The maximum atomic E-state index is 12.2. The Balaban J connectivity index is 2.44. The van der Waals surface area contributed by atoms with Gasteiger partial charge in [0.1, 0.15) is 0 Å². The van der Waals surface area contributed by atoms with E-state index in [1.54, 1.807) is 0 Å². The summed E-state index contributed by atoms with van der Waals surface area (Å²) in [5.41, 5.74) is 3.85. The number of hydrogen-bond donors (Lipinski definition) is 0. The normalized spacial score (nSPS) is 10.9. The average Bonchev–Trinajstić information content (AvgIpc) is 2.83. The van der Waals surface area contributed by atoms with Crippen LogP contribution in [0.3, 0.4) is 0 Å². The molecule has 0 atom stereocenters. The minimum absolute atomic E-state index is 0.182. The van der Waals surface area contributed by atoms with Gasteiger partial charge in [0.25, 0.3) is 0 Å². The van der Waals surface area contributed by atoms with Crippen LogP contribution in [0.25, 0.3) is 0 Å². The number of carbonyl (C=O) groups is 1. The second-order valence-electron chi connectivity index (χ2n) is 5.04. The highest BCUT2D eigenvalue weighted by Gasteiger charge is 2.20. The second kappa shape index (κ2) is 6.90. The van der Waals surface area contributed by atoms with Gasteiger partial charge in [-0.2, -0.15) is 5.10 Å². The molecule has 0 saturated carbocycles. The van der Waals surface area contributed by atoms with Gasteiger partial charge in [0.2, 0.25) is 0 Å². The van der Waals surface area contributed by atoms with Gasteiger partial charge in [-0.25, -0.2) is 0 Å². The summed E-state index contributed by atoms with van der Waals surface area (Å²) in [6, 6.07) is 7.76. The van der Waals surface area contributed by atoms with Crippen molar-refractivity contribution in [1.29, 1.82) is 0 Å². The predicted octanol–water partition coefficient (Wildman–Crippen LogP) is 4.30. The molecule has 21 heavy (non-hydrogen) atoms. The van der Waals surface area contributed by atoms with Crippen LogP contribution in [0, 0.1) is 0 Å². The molecule has 0 fully saturated rings. The van der Waals surface area contributed by atoms with Crippen LogP contribution in [0.4, 0.5) is 0 Å². The Bertz CT molecular complexity index is 646. The maximum Gasteiger partial charge on any atom is 0.166 e. The predicted molar refractivity (Wildman–Crippen MR) is 86.2 cm³/mol. The summed E-state index contributed by atoms with van der Waals surface area (Å²) in [5, 5.41) is 5.37. The number of Topliss-reactive ketones (excluding diaryl/α,β-unsaturated/α-hetero) is 1. The first-order valence-corrected chi connectivity index (χ1v) is 7.84. The Morgan fingerprint density at radius 3 is 2.57 bits per heavy atom. The summed E-state index contributed by atoms with van der Waals surface area (Å²) < 4.78 is 1.95. The number of rotatable bonds is 6. The van der Waals surface area contributed by atoms with Crippen LogP contribution in [0.1, 0.15) is 54.5 Å². The van der Waals surface area contributed by atoms with Crippen molar-refractivity contribution in [2.75, 3.05) is 0 Å². The summed E-state index contributed by atoms with van der Waals surface area (Å²) in [6.07, 6.45) is 2.09. The molecular formula is C17H21ClN2O. The Kier molecular flexibility index (Phi) is 5.18. The summed E-state index contributed by atoms with van der Waals surface area (Å²) >= 11 is 6.04. The minimum atomic E-state index is 0.182. The lowest BCUT2D eigenvalue weighted by Crippen LogP contribution is -2.08. The Morgan fingerprint density at radius 1 is 1.24 bits per heavy atom. The van der Waals surface area contributed by atoms with E-state index in [0.717, 1.165) is 40.4 Å². The number of nitrogens with zero attached hydrogens (tertiary/aromatic N) is 2. The molecule has 2 aromatic rings. The highest BCUT2D eigenvalue weighted by atomic mass is 35.5. The highest BCUT2D eigenvalue weighted by molar-refractivity contribution is 6.30. The first-order valence-electron chi connectivity index (χ1n) is 7.46. The van der Waals surface area contributed by atoms with E-state index in [2.05, 4.69) is 12.0 Å². The number of aryl methyl sites for hydroxylation is 1. The summed E-state index contributed by atoms with van der Waals surface area (Å²) in [7, 11) is 0. The third-order valence-corrected chi connectivity index (χ3v) is 3.86. The molecule has 0 N–H and O–H groups in total. The molecule has 112 valence electrons. The quantitative estimate of drug-likeness (QED) is 0.746. The molecule has 1 heterocycles. The number of ketones is 1. The third-order valence-electron chi connectivity index (χ3n) is 3.62. The molecule has 3 nitrogen and oxygen atoms in total. The maximum absolute atomic E-state index is 12.2. The fourth-order valence-electron chi connectivity index (χ4n) is 2.60. The standard InChI is InChI=1S/C17H21ClN2O/c1-4-14-17(16(21)6-3)15(5-2)20(19-14)11-12-8-7-9-13(18)10-12/h7-10H,4-6,11H2,1-3H3. The van der Waals surface area contributed by atoms with Crippen LogP contribution in [0.15, 0.2) is 24.3 Å². The molecule has 1 aromatic heterocycles. The van der Waals surface area contributed by atoms with Gasteiger partial charge >= 0.3 is 0 Å². The second-order valence-corrected chi connectivity index (χ2v) is 5.48. The number of halogens is 1. The summed E-state index contributed by atoms with van der Waals surface area (Å²) in [5.74, 6) is 0.182. The van der Waals surface area contributed by atoms with Gasteiger partial charge in [-0.15, -0.1) is 0 Å². The average molecular weight is 305 g/mol. The number of hydrogen-bond acceptors (Lipinski definition) is 2. The smallest absolute Gasteiger partial charge is 0.166 e. The van der Waals surface area contributed by atoms with Gasteiger partial charge < -0.3 is 0 Å². The van der Waals surface area contributed by atoms with E-state index in [0.29, 0.717) is 13.0 Å². The number of carbonyl (C=O) groups excluding carboxylic acids is 1. The van der Waals surface area contributed by atoms with Crippen LogP contribution in [-0.4, -0.2) is 15.6 Å². The Hall–Kier alpha value is -1.61. The highest BCUT2D eigenvalue weighted by Crippen LogP contribution is 2.20. The first-order chi connectivity index (χ1) is 10.1. The molecule has 0 aliphatic rings. The fraction of sp³-hybridized carbons (Fsp3) is 0.412. The van der Waals surface area contributed by atoms with Gasteiger partial charge in [-0.1, -0.05) is 44.5 Å². The van der Waals surface area contributed by atoms with Crippen LogP contribution >= 0.6 is 11.6 Å². The fourth-order valence-corrected chi connectivity index (χ4v) is 2.81. The zero-order chi connectivity index (χ0) is 15.4. The Morgan fingerprint density at radius 2 is 2.00 bits per heavy atom. The van der Waals surface area contributed by atoms with Gasteiger partial charge in [-0.3, -0.25) is 9.48 Å². The molecule has 0 saturated heterocycles. The SMILES string of the molecule is CCC(=O)c1c(CC)nn(Cc2cccc(Cl)c2)c1CC. The van der Waals surface area contributed by atoms with E-state index in [9.17, 15) is 4.79 Å². The van der Waals surface area contributed by atoms with Gasteiger partial charge in [0, 0.05) is 17.1 Å². The molecular weight excluding hydrogens is 284 g/mol. The topological polar surface area (TPSA) is 34.9 Å². The van der Waals surface area contributed by atoms with Gasteiger partial charge in [0.05, 0.1) is 17.8 Å². The Labute approximate surface area is 130 Å². The van der Waals surface area contributed by atoms with Crippen LogP contribution in [0.5, 0.6) is 0 Å². The van der Waals surface area contributed by atoms with Crippen molar-refractivity contribution in [2.45, 2.75) is 46.6 Å². The lowest BCUT2D eigenvalue weighted by molar-refractivity contribution is 0.0986. The van der Waals surface area contributed by atoms with Crippen LogP contribution in [0.2, 0.25) is 5.02 Å². The largest absolute Gasteiger partial charge is 0.294 e. The van der Waals surface area contributed by atoms with Crippen molar-refractivity contribution < 1.29 is 4.79 Å². The van der Waals surface area contributed by atoms with Crippen LogP contribution < -0.4 is 0 Å². The lowest BCUT2D eigenvalue weighted by Gasteiger charge is -2.08. The lowest BCUT2D eigenvalue weighted by atomic mass is 10.0. The molecule has 1 aromatic carbocycles. The zero-order valence-electron chi connectivity index (χ0n) is 12.8. The zero-order valence-corrected chi connectivity index (χ0v) is 13.6. The van der Waals surface area contributed by atoms with Crippen molar-refractivity contribution in [3.63, 3.8) is 0 Å². The molecule has 0 radical (unpaired) electrons.